The number of anilines is 1. The Hall–Kier alpha value is -1.75. The van der Waals surface area contributed by atoms with E-state index in [0.29, 0.717) is 13.0 Å². The van der Waals surface area contributed by atoms with Gasteiger partial charge in [-0.15, -0.1) is 0 Å². The van der Waals surface area contributed by atoms with Crippen LogP contribution in [0.3, 0.4) is 0 Å². The molecule has 0 heterocycles. The zero-order valence-electron chi connectivity index (χ0n) is 11.9. The number of carboxylic acid groups (broad SMARTS) is 1. The standard InChI is InChI=1S/C14H22N2O3/c1-9-7-11(8-10(2)13(9)19-4)16(3)6-5-12(15)14(17)18/h7-8,12H,5-6,15H2,1-4H3,(H,17,18). The average Bonchev–Trinajstić information content (AvgIpc) is 2.34. The second-order valence-corrected chi connectivity index (χ2v) is 4.77. The predicted molar refractivity (Wildman–Crippen MR) is 76.0 cm³/mol. The molecule has 3 N–H and O–H groups in total. The number of ether oxygens (including phenoxy) is 1. The normalized spacial score (nSPS) is 12.1. The topological polar surface area (TPSA) is 75.8 Å². The number of hydrogen-bond acceptors (Lipinski definition) is 4. The molecule has 0 amide bonds. The van der Waals surface area contributed by atoms with E-state index in [9.17, 15) is 4.79 Å². The van der Waals surface area contributed by atoms with E-state index in [4.69, 9.17) is 15.6 Å². The maximum atomic E-state index is 10.7. The van der Waals surface area contributed by atoms with Gasteiger partial charge in [0.25, 0.3) is 0 Å². The van der Waals surface area contributed by atoms with Crippen LogP contribution in [0.15, 0.2) is 12.1 Å². The molecule has 5 nitrogen and oxygen atoms in total. The second kappa shape index (κ2) is 6.43. The Morgan fingerprint density at radius 3 is 2.37 bits per heavy atom. The van der Waals surface area contributed by atoms with Gasteiger partial charge < -0.3 is 20.5 Å². The molecular formula is C14H22N2O3. The first kappa shape index (κ1) is 15.3. The highest BCUT2D eigenvalue weighted by atomic mass is 16.5. The summed E-state index contributed by atoms with van der Waals surface area (Å²) >= 11 is 0. The first-order valence-corrected chi connectivity index (χ1v) is 6.21. The maximum Gasteiger partial charge on any atom is 0.320 e. The third-order valence-electron chi connectivity index (χ3n) is 3.18. The molecule has 1 rings (SSSR count). The molecule has 0 bridgehead atoms. The van der Waals surface area contributed by atoms with E-state index >= 15 is 0 Å². The van der Waals surface area contributed by atoms with Crippen molar-refractivity contribution in [3.63, 3.8) is 0 Å². The lowest BCUT2D eigenvalue weighted by atomic mass is 10.1. The molecule has 106 valence electrons. The summed E-state index contributed by atoms with van der Waals surface area (Å²) in [5.74, 6) is -0.0742. The quantitative estimate of drug-likeness (QED) is 0.817. The summed E-state index contributed by atoms with van der Waals surface area (Å²) in [4.78, 5) is 12.7. The summed E-state index contributed by atoms with van der Waals surface area (Å²) in [5.41, 5.74) is 8.66. The number of hydrogen-bond donors (Lipinski definition) is 2. The van der Waals surface area contributed by atoms with E-state index in [2.05, 4.69) is 0 Å². The maximum absolute atomic E-state index is 10.7. The van der Waals surface area contributed by atoms with Gasteiger partial charge in [0.05, 0.1) is 7.11 Å². The van der Waals surface area contributed by atoms with Crippen molar-refractivity contribution in [1.82, 2.24) is 0 Å². The number of aliphatic carboxylic acids is 1. The summed E-state index contributed by atoms with van der Waals surface area (Å²) in [6, 6.07) is 3.24. The van der Waals surface area contributed by atoms with E-state index in [1.165, 1.54) is 0 Å². The van der Waals surface area contributed by atoms with E-state index in [-0.39, 0.29) is 0 Å². The Kier molecular flexibility index (Phi) is 5.18. The fraction of sp³-hybridized carbons (Fsp3) is 0.500. The molecule has 0 fully saturated rings. The van der Waals surface area contributed by atoms with Gasteiger partial charge in [-0.1, -0.05) is 0 Å². The van der Waals surface area contributed by atoms with Gasteiger partial charge >= 0.3 is 5.97 Å². The van der Waals surface area contributed by atoms with Crippen molar-refractivity contribution in [2.75, 3.05) is 25.6 Å². The molecule has 1 aromatic rings. The lowest BCUT2D eigenvalue weighted by molar-refractivity contribution is -0.138. The summed E-state index contributed by atoms with van der Waals surface area (Å²) in [7, 11) is 3.58. The van der Waals surface area contributed by atoms with E-state index in [1.807, 2.05) is 37.9 Å². The highest BCUT2D eigenvalue weighted by Crippen LogP contribution is 2.28. The second-order valence-electron chi connectivity index (χ2n) is 4.77. The van der Waals surface area contributed by atoms with Crippen LogP contribution in [0.2, 0.25) is 0 Å². The number of rotatable bonds is 6. The number of carbonyl (C=O) groups is 1. The third kappa shape index (κ3) is 3.86. The summed E-state index contributed by atoms with van der Waals surface area (Å²) < 4.78 is 5.32. The molecule has 19 heavy (non-hydrogen) atoms. The Bertz CT molecular complexity index is 437. The van der Waals surface area contributed by atoms with Gasteiger partial charge in [0, 0.05) is 19.3 Å². The van der Waals surface area contributed by atoms with Gasteiger partial charge in [-0.05, 0) is 43.5 Å². The lowest BCUT2D eigenvalue weighted by Gasteiger charge is -2.22. The predicted octanol–water partition coefficient (Wildman–Crippen LogP) is 1.55. The largest absolute Gasteiger partial charge is 0.496 e. The fourth-order valence-corrected chi connectivity index (χ4v) is 2.06. The molecule has 0 saturated heterocycles. The van der Waals surface area contributed by atoms with Crippen LogP contribution in [0.4, 0.5) is 5.69 Å². The first-order chi connectivity index (χ1) is 8.86. The summed E-state index contributed by atoms with van der Waals surface area (Å²) in [5, 5.41) is 8.76. The number of benzene rings is 1. The molecule has 0 aliphatic rings. The highest BCUT2D eigenvalue weighted by molar-refractivity contribution is 5.73. The van der Waals surface area contributed by atoms with Crippen molar-refractivity contribution in [2.45, 2.75) is 26.3 Å². The van der Waals surface area contributed by atoms with Crippen LogP contribution in [-0.2, 0) is 4.79 Å². The van der Waals surface area contributed by atoms with Crippen LogP contribution < -0.4 is 15.4 Å². The number of carboxylic acids is 1. The van der Waals surface area contributed by atoms with Gasteiger partial charge in [-0.2, -0.15) is 0 Å². The Morgan fingerprint density at radius 2 is 1.95 bits per heavy atom. The number of nitrogens with two attached hydrogens (primary N) is 1. The van der Waals surface area contributed by atoms with Crippen molar-refractivity contribution in [3.8, 4) is 5.75 Å². The van der Waals surface area contributed by atoms with Crippen LogP contribution >= 0.6 is 0 Å². The zero-order chi connectivity index (χ0) is 14.6. The smallest absolute Gasteiger partial charge is 0.320 e. The van der Waals surface area contributed by atoms with Crippen LogP contribution in [0, 0.1) is 13.8 Å². The molecule has 5 heteroatoms. The van der Waals surface area contributed by atoms with Crippen LogP contribution in [0.1, 0.15) is 17.5 Å². The van der Waals surface area contributed by atoms with Crippen LogP contribution in [-0.4, -0.2) is 37.8 Å². The molecule has 0 spiro atoms. The minimum Gasteiger partial charge on any atom is -0.496 e. The molecule has 0 aliphatic heterocycles. The molecule has 0 saturated carbocycles. The number of nitrogens with zero attached hydrogens (tertiary/aromatic N) is 1. The van der Waals surface area contributed by atoms with Gasteiger partial charge in [-0.25, -0.2) is 0 Å². The molecule has 0 radical (unpaired) electrons. The molecular weight excluding hydrogens is 244 g/mol. The van der Waals surface area contributed by atoms with Gasteiger partial charge in [-0.3, -0.25) is 4.79 Å². The SMILES string of the molecule is COc1c(C)cc(N(C)CCC(N)C(=O)O)cc1C. The summed E-state index contributed by atoms with van der Waals surface area (Å²) in [6.45, 7) is 4.58. The van der Waals surface area contributed by atoms with Gasteiger partial charge in [0.15, 0.2) is 0 Å². The molecule has 1 atom stereocenters. The minimum absolute atomic E-state index is 0.413. The lowest BCUT2D eigenvalue weighted by Crippen LogP contribution is -2.34. The first-order valence-electron chi connectivity index (χ1n) is 6.21. The monoisotopic (exact) mass is 266 g/mol. The number of aryl methyl sites for hydroxylation is 2. The van der Waals surface area contributed by atoms with Crippen LogP contribution in [0.25, 0.3) is 0 Å². The average molecular weight is 266 g/mol. The highest BCUT2D eigenvalue weighted by Gasteiger charge is 2.13. The van der Waals surface area contributed by atoms with Crippen LogP contribution in [0.5, 0.6) is 5.75 Å². The van der Waals surface area contributed by atoms with Gasteiger partial charge in [0.1, 0.15) is 11.8 Å². The van der Waals surface area contributed by atoms with Gasteiger partial charge in [0.2, 0.25) is 0 Å². The van der Waals surface area contributed by atoms with Crippen molar-refractivity contribution in [2.24, 2.45) is 5.73 Å². The molecule has 0 aromatic heterocycles. The Labute approximate surface area is 114 Å². The van der Waals surface area contributed by atoms with E-state index in [0.717, 1.165) is 22.6 Å². The van der Waals surface area contributed by atoms with Crippen molar-refractivity contribution < 1.29 is 14.6 Å². The Morgan fingerprint density at radius 1 is 1.42 bits per heavy atom. The van der Waals surface area contributed by atoms with Crippen molar-refractivity contribution in [3.05, 3.63) is 23.3 Å². The summed E-state index contributed by atoms with van der Waals surface area (Å²) in [6.07, 6.45) is 0.413. The fourth-order valence-electron chi connectivity index (χ4n) is 2.06. The third-order valence-corrected chi connectivity index (χ3v) is 3.18. The molecule has 0 aliphatic carbocycles. The van der Waals surface area contributed by atoms with Crippen molar-refractivity contribution >= 4 is 11.7 Å². The zero-order valence-corrected chi connectivity index (χ0v) is 11.9. The van der Waals surface area contributed by atoms with Crippen molar-refractivity contribution in [1.29, 1.82) is 0 Å². The minimum atomic E-state index is -0.963. The number of methoxy groups -OCH3 is 1. The Balaban J connectivity index is 2.78. The van der Waals surface area contributed by atoms with E-state index < -0.39 is 12.0 Å². The molecule has 1 aromatic carbocycles. The molecule has 1 unspecified atom stereocenters. The van der Waals surface area contributed by atoms with E-state index in [1.54, 1.807) is 7.11 Å².